The highest BCUT2D eigenvalue weighted by Crippen LogP contribution is 2.22. The number of Topliss-reactive ketones (excluding diaryl/α,β-unsaturated/α-hetero) is 1. The first-order chi connectivity index (χ1) is 7.18. The summed E-state index contributed by atoms with van der Waals surface area (Å²) < 4.78 is 1.97. The van der Waals surface area contributed by atoms with Gasteiger partial charge < -0.3 is 9.88 Å². The van der Waals surface area contributed by atoms with Crippen LogP contribution in [-0.4, -0.2) is 22.8 Å². The van der Waals surface area contributed by atoms with E-state index < -0.39 is 0 Å². The number of nitrogens with zero attached hydrogens (tertiary/aromatic N) is 1. The van der Waals surface area contributed by atoms with Gasteiger partial charge in [-0.1, -0.05) is 0 Å². The first-order valence-electron chi connectivity index (χ1n) is 5.12. The Bertz CT molecular complexity index is 395. The zero-order valence-electron chi connectivity index (χ0n) is 8.69. The van der Waals surface area contributed by atoms with Gasteiger partial charge in [0.2, 0.25) is 5.91 Å². The molecule has 1 aromatic heterocycles. The SMILES string of the molecule is CC(=O)NCC[C@H]1Cn2cccc2C1=O. The molecule has 1 atom stereocenters. The molecule has 2 rings (SSSR count). The topological polar surface area (TPSA) is 51.1 Å². The molecule has 1 aliphatic rings. The van der Waals surface area contributed by atoms with Crippen LogP contribution in [0.4, 0.5) is 0 Å². The maximum absolute atomic E-state index is 11.8. The van der Waals surface area contributed by atoms with Crippen LogP contribution in [0.15, 0.2) is 18.3 Å². The molecular weight excluding hydrogens is 192 g/mol. The standard InChI is InChI=1S/C11H14N2O2/c1-8(14)12-5-4-9-7-13-6-2-3-10(13)11(9)15/h2-3,6,9H,4-5,7H2,1H3,(H,12,14)/t9-/m0/s1. The molecule has 0 saturated carbocycles. The van der Waals surface area contributed by atoms with Crippen LogP contribution in [0.1, 0.15) is 23.8 Å². The van der Waals surface area contributed by atoms with Crippen LogP contribution in [0.2, 0.25) is 0 Å². The van der Waals surface area contributed by atoms with Gasteiger partial charge in [0.05, 0.1) is 5.69 Å². The zero-order chi connectivity index (χ0) is 10.8. The minimum absolute atomic E-state index is 0.0352. The van der Waals surface area contributed by atoms with E-state index in [9.17, 15) is 9.59 Å². The molecule has 1 aliphatic heterocycles. The largest absolute Gasteiger partial charge is 0.356 e. The summed E-state index contributed by atoms with van der Waals surface area (Å²) in [7, 11) is 0. The third kappa shape index (κ3) is 1.93. The lowest BCUT2D eigenvalue weighted by Gasteiger charge is -2.07. The van der Waals surface area contributed by atoms with Crippen molar-refractivity contribution in [2.45, 2.75) is 19.9 Å². The second kappa shape index (κ2) is 3.88. The molecule has 2 heterocycles. The Hall–Kier alpha value is -1.58. The Morgan fingerprint density at radius 2 is 2.47 bits per heavy atom. The highest BCUT2D eigenvalue weighted by molar-refractivity contribution is 5.98. The van der Waals surface area contributed by atoms with Crippen LogP contribution in [0.25, 0.3) is 0 Å². The lowest BCUT2D eigenvalue weighted by atomic mass is 10.0. The van der Waals surface area contributed by atoms with Gasteiger partial charge in [-0.2, -0.15) is 0 Å². The fraction of sp³-hybridized carbons (Fsp3) is 0.455. The van der Waals surface area contributed by atoms with Gasteiger partial charge in [0.1, 0.15) is 0 Å². The highest BCUT2D eigenvalue weighted by atomic mass is 16.1. The number of aromatic nitrogens is 1. The first-order valence-corrected chi connectivity index (χ1v) is 5.12. The molecule has 1 aromatic rings. The number of carbonyl (C=O) groups is 2. The van der Waals surface area contributed by atoms with Crippen LogP contribution in [0.5, 0.6) is 0 Å². The average molecular weight is 206 g/mol. The number of hydrogen-bond donors (Lipinski definition) is 1. The molecule has 0 radical (unpaired) electrons. The molecule has 4 heteroatoms. The summed E-state index contributed by atoms with van der Waals surface area (Å²) in [4.78, 5) is 22.5. The normalized spacial score (nSPS) is 19.0. The smallest absolute Gasteiger partial charge is 0.216 e. The van der Waals surface area contributed by atoms with Crippen molar-refractivity contribution >= 4 is 11.7 Å². The van der Waals surface area contributed by atoms with E-state index in [0.29, 0.717) is 6.54 Å². The van der Waals surface area contributed by atoms with Gasteiger partial charge in [0.15, 0.2) is 5.78 Å². The lowest BCUT2D eigenvalue weighted by molar-refractivity contribution is -0.119. The van der Waals surface area contributed by atoms with Crippen LogP contribution >= 0.6 is 0 Å². The van der Waals surface area contributed by atoms with Gasteiger partial charge in [-0.3, -0.25) is 9.59 Å². The van der Waals surface area contributed by atoms with Crippen molar-refractivity contribution in [1.82, 2.24) is 9.88 Å². The summed E-state index contributed by atoms with van der Waals surface area (Å²) in [6, 6.07) is 3.73. The molecular formula is C11H14N2O2. The molecule has 0 aliphatic carbocycles. The van der Waals surface area contributed by atoms with E-state index in [2.05, 4.69) is 5.32 Å². The van der Waals surface area contributed by atoms with E-state index in [4.69, 9.17) is 0 Å². The third-order valence-corrected chi connectivity index (χ3v) is 2.74. The van der Waals surface area contributed by atoms with Gasteiger partial charge in [-0.25, -0.2) is 0 Å². The van der Waals surface area contributed by atoms with Crippen molar-refractivity contribution < 1.29 is 9.59 Å². The van der Waals surface area contributed by atoms with Crippen LogP contribution in [0, 0.1) is 5.92 Å². The monoisotopic (exact) mass is 206 g/mol. The van der Waals surface area contributed by atoms with E-state index in [1.807, 2.05) is 22.9 Å². The fourth-order valence-corrected chi connectivity index (χ4v) is 1.97. The predicted molar refractivity (Wildman–Crippen MR) is 55.6 cm³/mol. The summed E-state index contributed by atoms with van der Waals surface area (Å²) in [6.07, 6.45) is 2.64. The Morgan fingerprint density at radius 1 is 1.67 bits per heavy atom. The molecule has 1 amide bonds. The van der Waals surface area contributed by atoms with Gasteiger partial charge in [0.25, 0.3) is 0 Å². The summed E-state index contributed by atoms with van der Waals surface area (Å²) in [5.74, 6) is 0.193. The van der Waals surface area contributed by atoms with Crippen molar-refractivity contribution in [1.29, 1.82) is 0 Å². The fourth-order valence-electron chi connectivity index (χ4n) is 1.97. The number of ketones is 1. The van der Waals surface area contributed by atoms with Crippen molar-refractivity contribution in [3.63, 3.8) is 0 Å². The molecule has 0 saturated heterocycles. The van der Waals surface area contributed by atoms with E-state index in [1.54, 1.807) is 0 Å². The Morgan fingerprint density at radius 3 is 3.13 bits per heavy atom. The minimum Gasteiger partial charge on any atom is -0.356 e. The van der Waals surface area contributed by atoms with Gasteiger partial charge >= 0.3 is 0 Å². The van der Waals surface area contributed by atoms with Crippen molar-refractivity contribution in [3.8, 4) is 0 Å². The summed E-state index contributed by atoms with van der Waals surface area (Å²) in [5.41, 5.74) is 0.794. The maximum Gasteiger partial charge on any atom is 0.216 e. The summed E-state index contributed by atoms with van der Waals surface area (Å²) >= 11 is 0. The minimum atomic E-state index is -0.0416. The van der Waals surface area contributed by atoms with Crippen LogP contribution < -0.4 is 5.32 Å². The van der Waals surface area contributed by atoms with E-state index in [-0.39, 0.29) is 17.6 Å². The lowest BCUT2D eigenvalue weighted by Crippen LogP contribution is -2.24. The van der Waals surface area contributed by atoms with Crippen molar-refractivity contribution in [2.24, 2.45) is 5.92 Å². The zero-order valence-corrected chi connectivity index (χ0v) is 8.69. The second-order valence-corrected chi connectivity index (χ2v) is 3.88. The van der Waals surface area contributed by atoms with Crippen molar-refractivity contribution in [3.05, 3.63) is 24.0 Å². The molecule has 15 heavy (non-hydrogen) atoms. The molecule has 0 unspecified atom stereocenters. The average Bonchev–Trinajstić information content (AvgIpc) is 2.71. The maximum atomic E-state index is 11.8. The van der Waals surface area contributed by atoms with E-state index in [0.717, 1.165) is 18.7 Å². The number of amides is 1. The van der Waals surface area contributed by atoms with Gasteiger partial charge in [-0.15, -0.1) is 0 Å². The van der Waals surface area contributed by atoms with Gasteiger partial charge in [-0.05, 0) is 18.6 Å². The molecule has 0 aromatic carbocycles. The molecule has 80 valence electrons. The molecule has 0 spiro atoms. The molecule has 0 bridgehead atoms. The summed E-state index contributed by atoms with van der Waals surface area (Å²) in [5, 5.41) is 2.71. The van der Waals surface area contributed by atoms with E-state index in [1.165, 1.54) is 6.92 Å². The number of carbonyl (C=O) groups excluding carboxylic acids is 2. The van der Waals surface area contributed by atoms with Crippen LogP contribution in [-0.2, 0) is 11.3 Å². The molecule has 0 fully saturated rings. The number of fused-ring (bicyclic) bond motifs is 1. The third-order valence-electron chi connectivity index (χ3n) is 2.74. The first kappa shape index (κ1) is 9.96. The second-order valence-electron chi connectivity index (χ2n) is 3.88. The molecule has 4 nitrogen and oxygen atoms in total. The Labute approximate surface area is 88.3 Å². The highest BCUT2D eigenvalue weighted by Gasteiger charge is 2.29. The quantitative estimate of drug-likeness (QED) is 0.796. The predicted octanol–water partition coefficient (Wildman–Crippen LogP) is 0.827. The number of nitrogens with one attached hydrogen (secondary N) is 1. The Balaban J connectivity index is 1.90. The van der Waals surface area contributed by atoms with E-state index >= 15 is 0 Å². The Kier molecular flexibility index (Phi) is 2.58. The van der Waals surface area contributed by atoms with Gasteiger partial charge in [0, 0.05) is 32.1 Å². The summed E-state index contributed by atoms with van der Waals surface area (Å²) in [6.45, 7) is 2.82. The molecule has 1 N–H and O–H groups in total. The van der Waals surface area contributed by atoms with Crippen LogP contribution in [0.3, 0.4) is 0 Å². The number of rotatable bonds is 3. The number of hydrogen-bond acceptors (Lipinski definition) is 2. The van der Waals surface area contributed by atoms with Crippen molar-refractivity contribution in [2.75, 3.05) is 6.54 Å².